The molecule has 32 heavy (non-hydrogen) atoms. The van der Waals surface area contributed by atoms with E-state index < -0.39 is 6.36 Å². The molecular weight excluding hydrogens is 425 g/mol. The topological polar surface area (TPSA) is 122 Å². The van der Waals surface area contributed by atoms with Crippen molar-refractivity contribution in [1.82, 2.24) is 10.6 Å². The number of rotatable bonds is 9. The molecule has 2 aromatic carbocycles. The number of carbonyl (C=O) groups is 1. The zero-order valence-electron chi connectivity index (χ0n) is 16.7. The summed E-state index contributed by atoms with van der Waals surface area (Å²) in [6.45, 7) is 0.867. The molecule has 0 aliphatic heterocycles. The SMILES string of the molecule is N=C/C=C\NCCN/C(=N/C(=N)c1ccc(C=O)cc1)Nc1ccc(OC(F)(F)F)cc1. The quantitative estimate of drug-likeness (QED) is 0.175. The number of aldehydes is 1. The van der Waals surface area contributed by atoms with E-state index in [4.69, 9.17) is 10.8 Å². The third-order valence-electron chi connectivity index (χ3n) is 3.77. The lowest BCUT2D eigenvalue weighted by molar-refractivity contribution is -0.274. The summed E-state index contributed by atoms with van der Waals surface area (Å²) in [4.78, 5) is 15.0. The summed E-state index contributed by atoms with van der Waals surface area (Å²) in [6.07, 6.45) is 0.137. The van der Waals surface area contributed by atoms with E-state index in [-0.39, 0.29) is 17.5 Å². The lowest BCUT2D eigenvalue weighted by atomic mass is 10.1. The zero-order chi connectivity index (χ0) is 23.4. The maximum absolute atomic E-state index is 12.3. The van der Waals surface area contributed by atoms with Gasteiger partial charge < -0.3 is 26.1 Å². The fourth-order valence-electron chi connectivity index (χ4n) is 2.34. The number of amidine groups is 1. The van der Waals surface area contributed by atoms with Crippen LogP contribution in [0.5, 0.6) is 5.75 Å². The van der Waals surface area contributed by atoms with Crippen LogP contribution in [0.15, 0.2) is 65.8 Å². The fourth-order valence-corrected chi connectivity index (χ4v) is 2.34. The highest BCUT2D eigenvalue weighted by Gasteiger charge is 2.30. The Morgan fingerprint density at radius 1 is 1.06 bits per heavy atom. The van der Waals surface area contributed by atoms with Crippen molar-refractivity contribution in [3.05, 3.63) is 71.9 Å². The smallest absolute Gasteiger partial charge is 0.406 e. The van der Waals surface area contributed by atoms with Crippen LogP contribution in [0, 0.1) is 10.8 Å². The van der Waals surface area contributed by atoms with Gasteiger partial charge in [-0.05, 0) is 36.5 Å². The molecule has 0 heterocycles. The number of allylic oxidation sites excluding steroid dienone is 1. The van der Waals surface area contributed by atoms with Crippen LogP contribution in [-0.2, 0) is 0 Å². The van der Waals surface area contributed by atoms with Crippen molar-refractivity contribution in [2.75, 3.05) is 18.4 Å². The van der Waals surface area contributed by atoms with E-state index in [9.17, 15) is 18.0 Å². The predicted octanol–water partition coefficient (Wildman–Crippen LogP) is 3.53. The van der Waals surface area contributed by atoms with Crippen LogP contribution in [0.4, 0.5) is 18.9 Å². The molecule has 8 nitrogen and oxygen atoms in total. The Kier molecular flexibility index (Phi) is 8.96. The van der Waals surface area contributed by atoms with Crippen LogP contribution < -0.4 is 20.7 Å². The van der Waals surface area contributed by atoms with Crippen LogP contribution in [0.2, 0.25) is 0 Å². The number of nitrogens with one attached hydrogen (secondary N) is 5. The maximum atomic E-state index is 12.3. The minimum Gasteiger partial charge on any atom is -0.406 e. The Morgan fingerprint density at radius 2 is 1.75 bits per heavy atom. The summed E-state index contributed by atoms with van der Waals surface area (Å²) in [5, 5.41) is 24.0. The van der Waals surface area contributed by atoms with Crippen LogP contribution in [0.3, 0.4) is 0 Å². The van der Waals surface area contributed by atoms with Gasteiger partial charge in [0.25, 0.3) is 0 Å². The summed E-state index contributed by atoms with van der Waals surface area (Å²) in [5.74, 6) is -0.261. The summed E-state index contributed by atoms with van der Waals surface area (Å²) in [7, 11) is 0. The number of nitrogens with zero attached hydrogens (tertiary/aromatic N) is 1. The number of carbonyl (C=O) groups excluding carboxylic acids is 1. The largest absolute Gasteiger partial charge is 0.573 e. The second-order valence-corrected chi connectivity index (χ2v) is 6.15. The van der Waals surface area contributed by atoms with E-state index in [2.05, 4.69) is 25.7 Å². The Hall–Kier alpha value is -4.15. The van der Waals surface area contributed by atoms with Crippen molar-refractivity contribution < 1.29 is 22.7 Å². The molecule has 0 atom stereocenters. The summed E-state index contributed by atoms with van der Waals surface area (Å²) < 4.78 is 40.8. The Balaban J connectivity index is 2.12. The van der Waals surface area contributed by atoms with Gasteiger partial charge in [-0.3, -0.25) is 10.2 Å². The van der Waals surface area contributed by atoms with Gasteiger partial charge in [-0.2, -0.15) is 4.99 Å². The van der Waals surface area contributed by atoms with E-state index in [1.165, 1.54) is 18.2 Å². The highest BCUT2D eigenvalue weighted by atomic mass is 19.4. The first-order chi connectivity index (χ1) is 15.3. The molecule has 0 saturated heterocycles. The number of benzene rings is 2. The number of ether oxygens (including phenoxy) is 1. The Labute approximate surface area is 182 Å². The van der Waals surface area contributed by atoms with Crippen LogP contribution in [0.1, 0.15) is 15.9 Å². The summed E-state index contributed by atoms with van der Waals surface area (Å²) in [5.41, 5.74) is 1.36. The normalized spacial score (nSPS) is 11.7. The molecule has 0 unspecified atom stereocenters. The minimum atomic E-state index is -4.78. The molecule has 0 aliphatic rings. The monoisotopic (exact) mass is 446 g/mol. The molecule has 0 radical (unpaired) electrons. The molecule has 0 fully saturated rings. The van der Waals surface area contributed by atoms with Gasteiger partial charge in [0.2, 0.25) is 5.96 Å². The van der Waals surface area contributed by atoms with E-state index in [0.29, 0.717) is 36.2 Å². The average Bonchev–Trinajstić information content (AvgIpc) is 2.76. The van der Waals surface area contributed by atoms with E-state index in [1.54, 1.807) is 30.5 Å². The lowest BCUT2D eigenvalue weighted by Gasteiger charge is -2.14. The van der Waals surface area contributed by atoms with Crippen LogP contribution in [0.25, 0.3) is 0 Å². The summed E-state index contributed by atoms with van der Waals surface area (Å²) >= 11 is 0. The summed E-state index contributed by atoms with van der Waals surface area (Å²) in [6, 6.07) is 11.4. The van der Waals surface area contributed by atoms with Crippen molar-refractivity contribution >= 4 is 30.0 Å². The molecule has 0 aromatic heterocycles. The van der Waals surface area contributed by atoms with Gasteiger partial charge in [0.1, 0.15) is 12.0 Å². The van der Waals surface area contributed by atoms with Gasteiger partial charge in [0.15, 0.2) is 5.84 Å². The first kappa shape index (κ1) is 24.1. The number of hydrogen-bond acceptors (Lipinski definition) is 5. The van der Waals surface area contributed by atoms with E-state index >= 15 is 0 Å². The van der Waals surface area contributed by atoms with Gasteiger partial charge in [-0.15, -0.1) is 13.2 Å². The molecule has 0 spiro atoms. The molecule has 0 amide bonds. The van der Waals surface area contributed by atoms with Crippen molar-refractivity contribution in [2.24, 2.45) is 4.99 Å². The molecular formula is C21H21F3N6O2. The molecule has 5 N–H and O–H groups in total. The van der Waals surface area contributed by atoms with Gasteiger partial charge in [-0.1, -0.05) is 24.3 Å². The molecule has 0 bridgehead atoms. The first-order valence-electron chi connectivity index (χ1n) is 9.29. The van der Waals surface area contributed by atoms with Gasteiger partial charge in [-0.25, -0.2) is 0 Å². The highest BCUT2D eigenvalue weighted by Crippen LogP contribution is 2.23. The molecule has 0 aliphatic carbocycles. The van der Waals surface area contributed by atoms with Gasteiger partial charge in [0, 0.05) is 36.1 Å². The number of anilines is 1. The fraction of sp³-hybridized carbons (Fsp3) is 0.143. The second-order valence-electron chi connectivity index (χ2n) is 6.15. The number of hydrogen-bond donors (Lipinski definition) is 5. The number of halogens is 3. The zero-order valence-corrected chi connectivity index (χ0v) is 16.7. The third kappa shape index (κ3) is 8.69. The number of aliphatic imine (C=N–C) groups is 1. The third-order valence-corrected chi connectivity index (χ3v) is 3.77. The lowest BCUT2D eigenvalue weighted by Crippen LogP contribution is -2.35. The Bertz CT molecular complexity index is 971. The number of alkyl halides is 3. The van der Waals surface area contributed by atoms with E-state index in [1.807, 2.05) is 0 Å². The molecule has 2 aromatic rings. The molecule has 0 saturated carbocycles. The minimum absolute atomic E-state index is 0.0915. The average molecular weight is 446 g/mol. The van der Waals surface area contributed by atoms with E-state index in [0.717, 1.165) is 18.3 Å². The highest BCUT2D eigenvalue weighted by molar-refractivity contribution is 6.08. The van der Waals surface area contributed by atoms with Crippen molar-refractivity contribution in [3.63, 3.8) is 0 Å². The predicted molar refractivity (Wildman–Crippen MR) is 117 cm³/mol. The maximum Gasteiger partial charge on any atom is 0.573 e. The Morgan fingerprint density at radius 3 is 2.34 bits per heavy atom. The van der Waals surface area contributed by atoms with Crippen molar-refractivity contribution in [2.45, 2.75) is 6.36 Å². The van der Waals surface area contributed by atoms with Gasteiger partial charge >= 0.3 is 6.36 Å². The molecule has 168 valence electrons. The second kappa shape index (κ2) is 11.9. The number of guanidine groups is 1. The van der Waals surface area contributed by atoms with Crippen LogP contribution >= 0.6 is 0 Å². The van der Waals surface area contributed by atoms with Crippen molar-refractivity contribution in [1.29, 1.82) is 10.8 Å². The van der Waals surface area contributed by atoms with Crippen molar-refractivity contribution in [3.8, 4) is 5.75 Å². The first-order valence-corrected chi connectivity index (χ1v) is 9.29. The van der Waals surface area contributed by atoms with Crippen LogP contribution in [-0.4, -0.2) is 43.7 Å². The molecule has 2 rings (SSSR count). The standard InChI is InChI=1S/C21H21F3N6O2/c22-21(23,24)32-18-8-6-17(7-9-18)29-20(28-13-12-27-11-1-10-25)30-19(26)16-4-2-15(14-31)3-5-16/h1-11,14,25,27H,12-13H2,(H3,26,28,29,30)/b11-1-,25-10?. The van der Waals surface area contributed by atoms with Gasteiger partial charge in [0.05, 0.1) is 0 Å². The molecule has 11 heteroatoms.